The van der Waals surface area contributed by atoms with E-state index in [1.807, 2.05) is 6.92 Å². The van der Waals surface area contributed by atoms with E-state index in [1.54, 1.807) is 6.92 Å². The number of methoxy groups -OCH3 is 1. The van der Waals surface area contributed by atoms with E-state index in [2.05, 4.69) is 6.92 Å². The molecule has 32 heavy (non-hydrogen) atoms. The number of carbonyl (C=O) groups is 4. The second-order valence-electron chi connectivity index (χ2n) is 10.6. The number of carboxylic acid groups (broad SMARTS) is 2. The zero-order valence-corrected chi connectivity index (χ0v) is 19.6. The highest BCUT2D eigenvalue weighted by atomic mass is 16.5. The summed E-state index contributed by atoms with van der Waals surface area (Å²) in [7, 11) is 1.37. The van der Waals surface area contributed by atoms with Gasteiger partial charge in [0.15, 0.2) is 0 Å². The van der Waals surface area contributed by atoms with Crippen molar-refractivity contribution in [2.24, 2.45) is 46.3 Å². The predicted octanol–water partition coefficient (Wildman–Crippen LogP) is 3.37. The third-order valence-electron chi connectivity index (χ3n) is 9.33. The normalized spacial score (nSPS) is 41.7. The number of aliphatic carboxylic acids is 2. The lowest BCUT2D eigenvalue weighted by Crippen LogP contribution is -2.60. The van der Waals surface area contributed by atoms with E-state index in [4.69, 9.17) is 9.47 Å². The number of ether oxygens (including phenoxy) is 2. The van der Waals surface area contributed by atoms with E-state index < -0.39 is 40.8 Å². The molecule has 0 saturated heterocycles. The summed E-state index contributed by atoms with van der Waals surface area (Å²) in [5.41, 5.74) is -1.40. The summed E-state index contributed by atoms with van der Waals surface area (Å²) >= 11 is 0. The fourth-order valence-electron chi connectivity index (χ4n) is 7.96. The number of rotatable bonds is 6. The average molecular weight is 453 g/mol. The minimum Gasteiger partial charge on any atom is -0.481 e. The summed E-state index contributed by atoms with van der Waals surface area (Å²) in [6, 6.07) is 0. The molecule has 0 aromatic heterocycles. The minimum atomic E-state index is -1.01. The summed E-state index contributed by atoms with van der Waals surface area (Å²) in [6.07, 6.45) is 2.43. The van der Waals surface area contributed by atoms with Crippen molar-refractivity contribution in [3.63, 3.8) is 0 Å². The molecule has 3 aliphatic carbocycles. The molecule has 3 aliphatic rings. The number of carbonyl (C=O) groups excluding carboxylic acids is 2. The summed E-state index contributed by atoms with van der Waals surface area (Å²) in [5, 5.41) is 19.5. The van der Waals surface area contributed by atoms with Gasteiger partial charge in [-0.05, 0) is 61.2 Å². The van der Waals surface area contributed by atoms with Crippen molar-refractivity contribution < 1.29 is 38.9 Å². The van der Waals surface area contributed by atoms with Crippen molar-refractivity contribution in [1.82, 2.24) is 0 Å². The van der Waals surface area contributed by atoms with Crippen LogP contribution < -0.4 is 0 Å². The summed E-state index contributed by atoms with van der Waals surface area (Å²) in [6.45, 7) is 7.09. The van der Waals surface area contributed by atoms with Gasteiger partial charge in [-0.25, -0.2) is 0 Å². The number of hydrogen-bond acceptors (Lipinski definition) is 6. The topological polar surface area (TPSA) is 127 Å². The molecule has 0 aliphatic heterocycles. The second-order valence-corrected chi connectivity index (χ2v) is 10.6. The molecule has 0 aromatic rings. The van der Waals surface area contributed by atoms with Crippen LogP contribution in [0.25, 0.3) is 0 Å². The fraction of sp³-hybridized carbons (Fsp3) is 0.833. The smallest absolute Gasteiger partial charge is 0.308 e. The van der Waals surface area contributed by atoms with Crippen molar-refractivity contribution in [2.75, 3.05) is 7.11 Å². The van der Waals surface area contributed by atoms with Crippen LogP contribution in [0, 0.1) is 46.3 Å². The highest BCUT2D eigenvalue weighted by Crippen LogP contribution is 2.67. The molecule has 0 spiro atoms. The molecule has 8 heteroatoms. The highest BCUT2D eigenvalue weighted by molar-refractivity contribution is 5.74. The van der Waals surface area contributed by atoms with Crippen molar-refractivity contribution >= 4 is 23.9 Å². The monoisotopic (exact) mass is 452 g/mol. The number of esters is 2. The first-order chi connectivity index (χ1) is 14.9. The molecule has 0 bridgehead atoms. The van der Waals surface area contributed by atoms with Gasteiger partial charge in [-0.2, -0.15) is 0 Å². The van der Waals surface area contributed by atoms with Crippen molar-refractivity contribution in [3.05, 3.63) is 0 Å². The molecule has 8 nitrogen and oxygen atoms in total. The highest BCUT2D eigenvalue weighted by Gasteiger charge is 2.66. The molecule has 180 valence electrons. The molecule has 3 saturated carbocycles. The van der Waals surface area contributed by atoms with Crippen LogP contribution in [0.1, 0.15) is 66.2 Å². The maximum absolute atomic E-state index is 12.4. The van der Waals surface area contributed by atoms with Crippen LogP contribution in [0.2, 0.25) is 0 Å². The van der Waals surface area contributed by atoms with E-state index >= 15 is 0 Å². The molecule has 0 amide bonds. The van der Waals surface area contributed by atoms with Gasteiger partial charge in [0.2, 0.25) is 0 Å². The standard InChI is InChI=1S/C24H36O8/c1-12(22(30)31-5)15-8-9-16-14-6-7-17(21(28)29)23(3,11-20(26)27)18(14)10-19(24(15,16)4)32-13(2)25/h12,14-19H,6-11H2,1-5H3,(H,26,27)(H,28,29)/t12-,14+,15-,16-,17+,18+,19+,23+,24+/m0/s1. The Labute approximate surface area is 189 Å². The van der Waals surface area contributed by atoms with Gasteiger partial charge in [0.1, 0.15) is 6.10 Å². The lowest BCUT2D eigenvalue weighted by molar-refractivity contribution is -0.198. The number of hydrogen-bond donors (Lipinski definition) is 2. The van der Waals surface area contributed by atoms with Gasteiger partial charge in [0, 0.05) is 12.3 Å². The van der Waals surface area contributed by atoms with Crippen molar-refractivity contribution in [1.29, 1.82) is 0 Å². The Morgan fingerprint density at radius 2 is 1.69 bits per heavy atom. The summed E-state index contributed by atoms with van der Waals surface area (Å²) in [4.78, 5) is 48.4. The van der Waals surface area contributed by atoms with Gasteiger partial charge in [0.05, 0.1) is 25.4 Å². The molecule has 9 atom stereocenters. The molecular formula is C24H36O8. The van der Waals surface area contributed by atoms with Gasteiger partial charge in [-0.3, -0.25) is 19.2 Å². The van der Waals surface area contributed by atoms with E-state index in [9.17, 15) is 29.4 Å². The summed E-state index contributed by atoms with van der Waals surface area (Å²) < 4.78 is 10.9. The SMILES string of the molecule is COC(=O)[C@@H](C)[C@@H]1CC[C@H]2[C@H]3CC[C@H](C(=O)O)[C@@](C)(CC(=O)O)[C@@H]3C[C@@H](OC(C)=O)[C@@]21C. The molecule has 2 N–H and O–H groups in total. The molecule has 0 radical (unpaired) electrons. The Hall–Kier alpha value is -2.12. The van der Waals surface area contributed by atoms with Crippen LogP contribution in [0.15, 0.2) is 0 Å². The van der Waals surface area contributed by atoms with Crippen LogP contribution in [0.3, 0.4) is 0 Å². The predicted molar refractivity (Wildman–Crippen MR) is 113 cm³/mol. The van der Waals surface area contributed by atoms with Crippen LogP contribution in [0.4, 0.5) is 0 Å². The van der Waals surface area contributed by atoms with Gasteiger partial charge in [0.25, 0.3) is 0 Å². The number of fused-ring (bicyclic) bond motifs is 3. The quantitative estimate of drug-likeness (QED) is 0.587. The van der Waals surface area contributed by atoms with Crippen LogP contribution in [-0.4, -0.2) is 47.3 Å². The van der Waals surface area contributed by atoms with E-state index in [0.717, 1.165) is 12.8 Å². The Bertz CT molecular complexity index is 793. The first kappa shape index (κ1) is 24.5. The maximum Gasteiger partial charge on any atom is 0.308 e. The lowest BCUT2D eigenvalue weighted by Gasteiger charge is -2.60. The minimum absolute atomic E-state index is 0.0341. The molecule has 3 fully saturated rings. The fourth-order valence-corrected chi connectivity index (χ4v) is 7.96. The molecular weight excluding hydrogens is 416 g/mol. The van der Waals surface area contributed by atoms with E-state index in [0.29, 0.717) is 19.3 Å². The van der Waals surface area contributed by atoms with Crippen molar-refractivity contribution in [2.45, 2.75) is 72.3 Å². The number of carboxylic acids is 2. The first-order valence-electron chi connectivity index (χ1n) is 11.6. The van der Waals surface area contributed by atoms with Crippen LogP contribution >= 0.6 is 0 Å². The summed E-state index contributed by atoms with van der Waals surface area (Å²) in [5.74, 6) is -3.78. The third kappa shape index (κ3) is 3.79. The Kier molecular flexibility index (Phi) is 6.64. The molecule has 3 rings (SSSR count). The zero-order chi connectivity index (χ0) is 24.0. The lowest BCUT2D eigenvalue weighted by atomic mass is 9.45. The van der Waals surface area contributed by atoms with Crippen LogP contribution in [0.5, 0.6) is 0 Å². The second kappa shape index (κ2) is 8.67. The Balaban J connectivity index is 2.06. The Morgan fingerprint density at radius 3 is 2.22 bits per heavy atom. The maximum atomic E-state index is 12.4. The largest absolute Gasteiger partial charge is 0.481 e. The molecule has 0 aromatic carbocycles. The van der Waals surface area contributed by atoms with Gasteiger partial charge in [-0.15, -0.1) is 0 Å². The van der Waals surface area contributed by atoms with Gasteiger partial charge < -0.3 is 19.7 Å². The van der Waals surface area contributed by atoms with E-state index in [-0.39, 0.29) is 42.0 Å². The Morgan fingerprint density at radius 1 is 1.03 bits per heavy atom. The zero-order valence-electron chi connectivity index (χ0n) is 19.6. The molecule has 0 heterocycles. The van der Waals surface area contributed by atoms with E-state index in [1.165, 1.54) is 14.0 Å². The van der Waals surface area contributed by atoms with Crippen LogP contribution in [-0.2, 0) is 28.7 Å². The van der Waals surface area contributed by atoms with Gasteiger partial charge >= 0.3 is 23.9 Å². The van der Waals surface area contributed by atoms with Gasteiger partial charge in [-0.1, -0.05) is 20.8 Å². The first-order valence-corrected chi connectivity index (χ1v) is 11.6. The molecule has 0 unspecified atom stereocenters. The third-order valence-corrected chi connectivity index (χ3v) is 9.33. The average Bonchev–Trinajstić information content (AvgIpc) is 3.05. The van der Waals surface area contributed by atoms with Crippen molar-refractivity contribution in [3.8, 4) is 0 Å².